The molecule has 1 fully saturated rings. The van der Waals surface area contributed by atoms with E-state index in [9.17, 15) is 9.90 Å². The number of aromatic hydroxyl groups is 1. The van der Waals surface area contributed by atoms with E-state index < -0.39 is 12.0 Å². The zero-order valence-electron chi connectivity index (χ0n) is 24.1. The monoisotopic (exact) mass is 619 g/mol. The lowest BCUT2D eigenvalue weighted by Crippen LogP contribution is -2.46. The number of furan rings is 1. The summed E-state index contributed by atoms with van der Waals surface area (Å²) in [5, 5.41) is 15.0. The topological polar surface area (TPSA) is 88.3 Å². The highest BCUT2D eigenvalue weighted by molar-refractivity contribution is 6.36. The fourth-order valence-corrected chi connectivity index (χ4v) is 6.29. The lowest BCUT2D eigenvalue weighted by atomic mass is 9.89. The summed E-state index contributed by atoms with van der Waals surface area (Å²) in [5.74, 6) is -0.0517. The number of hydrogen-bond acceptors (Lipinski definition) is 8. The first-order valence-corrected chi connectivity index (χ1v) is 14.7. The van der Waals surface area contributed by atoms with Crippen LogP contribution in [0.4, 0.5) is 0 Å². The zero-order chi connectivity index (χ0) is 30.2. The SMILES string of the molecule is COC(=O)c1coc2c1c(C(c1ccnc(OCc3cc(Cl)c(C)c(Cl)c3)c1)N1CCN(C)CC1)c(O)c1ccccc12. The maximum Gasteiger partial charge on any atom is 0.341 e. The molecule has 222 valence electrons. The minimum atomic E-state index is -0.541. The van der Waals surface area contributed by atoms with Gasteiger partial charge >= 0.3 is 5.97 Å². The summed E-state index contributed by atoms with van der Waals surface area (Å²) in [5.41, 5.74) is 3.82. The van der Waals surface area contributed by atoms with Crippen molar-refractivity contribution in [3.8, 4) is 11.6 Å². The molecule has 6 rings (SSSR count). The van der Waals surface area contributed by atoms with Crippen molar-refractivity contribution in [2.45, 2.75) is 19.6 Å². The van der Waals surface area contributed by atoms with Gasteiger partial charge in [0.05, 0.1) is 13.2 Å². The number of piperazine rings is 1. The number of fused-ring (bicyclic) bond motifs is 3. The Labute approximate surface area is 259 Å². The number of aromatic nitrogens is 1. The van der Waals surface area contributed by atoms with Crippen LogP contribution in [-0.2, 0) is 11.3 Å². The number of halogens is 2. The van der Waals surface area contributed by atoms with Crippen molar-refractivity contribution in [3.63, 3.8) is 0 Å². The van der Waals surface area contributed by atoms with Crippen molar-refractivity contribution < 1.29 is 23.8 Å². The minimum absolute atomic E-state index is 0.0850. The van der Waals surface area contributed by atoms with Crippen molar-refractivity contribution in [1.29, 1.82) is 0 Å². The van der Waals surface area contributed by atoms with E-state index in [0.29, 0.717) is 43.2 Å². The molecule has 1 aliphatic heterocycles. The van der Waals surface area contributed by atoms with Crippen LogP contribution in [0.5, 0.6) is 11.6 Å². The second kappa shape index (κ2) is 12.1. The molecule has 1 unspecified atom stereocenters. The third-order valence-electron chi connectivity index (χ3n) is 8.13. The fourth-order valence-electron chi connectivity index (χ4n) is 5.75. The number of ether oxygens (including phenoxy) is 2. The molecule has 43 heavy (non-hydrogen) atoms. The van der Waals surface area contributed by atoms with Gasteiger partial charge in [-0.3, -0.25) is 4.90 Å². The van der Waals surface area contributed by atoms with E-state index in [2.05, 4.69) is 21.8 Å². The Morgan fingerprint density at radius 2 is 1.77 bits per heavy atom. The van der Waals surface area contributed by atoms with Gasteiger partial charge in [0, 0.05) is 70.2 Å². The predicted octanol–water partition coefficient (Wildman–Crippen LogP) is 7.00. The highest BCUT2D eigenvalue weighted by Gasteiger charge is 2.34. The molecule has 1 N–H and O–H groups in total. The molecule has 5 aromatic rings. The second-order valence-electron chi connectivity index (χ2n) is 10.8. The smallest absolute Gasteiger partial charge is 0.341 e. The summed E-state index contributed by atoms with van der Waals surface area (Å²) >= 11 is 12.7. The first-order valence-electron chi connectivity index (χ1n) is 14.0. The van der Waals surface area contributed by atoms with Crippen molar-refractivity contribution in [2.75, 3.05) is 40.3 Å². The van der Waals surface area contributed by atoms with Crippen LogP contribution in [0.15, 0.2) is 65.4 Å². The van der Waals surface area contributed by atoms with Gasteiger partial charge < -0.3 is 23.9 Å². The quantitative estimate of drug-likeness (QED) is 0.195. The van der Waals surface area contributed by atoms with Gasteiger partial charge in [0.25, 0.3) is 0 Å². The fraction of sp³-hybridized carbons (Fsp3) is 0.273. The maximum atomic E-state index is 13.0. The van der Waals surface area contributed by atoms with E-state index in [1.54, 1.807) is 6.20 Å². The normalized spacial score (nSPS) is 15.2. The van der Waals surface area contributed by atoms with Crippen LogP contribution in [0.3, 0.4) is 0 Å². The zero-order valence-corrected chi connectivity index (χ0v) is 25.6. The molecule has 3 aromatic carbocycles. The summed E-state index contributed by atoms with van der Waals surface area (Å²) in [6, 6.07) is 14.5. The highest BCUT2D eigenvalue weighted by Crippen LogP contribution is 2.47. The summed E-state index contributed by atoms with van der Waals surface area (Å²) in [4.78, 5) is 22.0. The van der Waals surface area contributed by atoms with Gasteiger partial charge in [-0.2, -0.15) is 0 Å². The number of carbonyl (C=O) groups excluding carboxylic acids is 1. The van der Waals surface area contributed by atoms with Gasteiger partial charge in [0.15, 0.2) is 0 Å². The standard InChI is InChI=1S/C33H31Cl2N3O5/c1-19-25(34)14-20(15-26(19)35)17-42-27-16-21(8-9-36-27)30(38-12-10-37(2)11-13-38)29-28-24(33(40)41-3)18-43-32(28)23-7-5-4-6-22(23)31(29)39/h4-9,14-16,18,30,39H,10-13,17H2,1-3H3. The molecular formula is C33H31Cl2N3O5. The number of methoxy groups -OCH3 is 1. The minimum Gasteiger partial charge on any atom is -0.507 e. The summed E-state index contributed by atoms with van der Waals surface area (Å²) in [6.07, 6.45) is 3.10. The van der Waals surface area contributed by atoms with E-state index >= 15 is 0 Å². The van der Waals surface area contributed by atoms with Crippen LogP contribution >= 0.6 is 23.2 Å². The number of benzene rings is 3. The molecule has 8 nitrogen and oxygen atoms in total. The van der Waals surface area contributed by atoms with Crippen LogP contribution in [0, 0.1) is 6.92 Å². The van der Waals surface area contributed by atoms with Gasteiger partial charge in [-0.25, -0.2) is 9.78 Å². The number of pyridine rings is 1. The van der Waals surface area contributed by atoms with Crippen molar-refractivity contribution >= 4 is 50.9 Å². The molecule has 2 aromatic heterocycles. The van der Waals surface area contributed by atoms with E-state index in [1.165, 1.54) is 13.4 Å². The van der Waals surface area contributed by atoms with E-state index in [-0.39, 0.29) is 17.9 Å². The second-order valence-corrected chi connectivity index (χ2v) is 11.6. The van der Waals surface area contributed by atoms with Crippen LogP contribution in [-0.4, -0.2) is 66.2 Å². The lowest BCUT2D eigenvalue weighted by molar-refractivity contribution is 0.0601. The number of esters is 1. The predicted molar refractivity (Wildman–Crippen MR) is 167 cm³/mol. The average Bonchev–Trinajstić information content (AvgIpc) is 3.46. The first-order chi connectivity index (χ1) is 20.8. The summed E-state index contributed by atoms with van der Waals surface area (Å²) < 4.78 is 17.3. The largest absolute Gasteiger partial charge is 0.507 e. The third-order valence-corrected chi connectivity index (χ3v) is 8.91. The summed E-state index contributed by atoms with van der Waals surface area (Å²) in [7, 11) is 3.42. The molecule has 0 radical (unpaired) electrons. The molecule has 1 aliphatic rings. The van der Waals surface area contributed by atoms with E-state index in [4.69, 9.17) is 37.1 Å². The lowest BCUT2D eigenvalue weighted by Gasteiger charge is -2.39. The molecule has 0 saturated carbocycles. The van der Waals surface area contributed by atoms with E-state index in [1.807, 2.05) is 55.5 Å². The molecule has 0 spiro atoms. The van der Waals surface area contributed by atoms with Crippen LogP contribution < -0.4 is 4.74 Å². The van der Waals surface area contributed by atoms with Crippen LogP contribution in [0.1, 0.15) is 38.7 Å². The highest BCUT2D eigenvalue weighted by atomic mass is 35.5. The third kappa shape index (κ3) is 5.52. The Bertz CT molecular complexity index is 1810. The van der Waals surface area contributed by atoms with Gasteiger partial charge in [-0.05, 0) is 48.9 Å². The van der Waals surface area contributed by atoms with Crippen molar-refractivity contribution in [2.24, 2.45) is 0 Å². The molecule has 3 heterocycles. The maximum absolute atomic E-state index is 13.0. The number of phenols is 1. The van der Waals surface area contributed by atoms with Gasteiger partial charge in [0.2, 0.25) is 5.88 Å². The average molecular weight is 621 g/mol. The number of rotatable bonds is 7. The Balaban J connectivity index is 1.50. The van der Waals surface area contributed by atoms with Crippen LogP contribution in [0.2, 0.25) is 10.0 Å². The Kier molecular flexibility index (Phi) is 8.20. The summed E-state index contributed by atoms with van der Waals surface area (Å²) in [6.45, 7) is 5.23. The van der Waals surface area contributed by atoms with Gasteiger partial charge in [-0.1, -0.05) is 47.5 Å². The molecule has 1 saturated heterocycles. The number of carbonyl (C=O) groups is 1. The molecule has 1 atom stereocenters. The van der Waals surface area contributed by atoms with Crippen LogP contribution in [0.25, 0.3) is 21.7 Å². The Morgan fingerprint density at radius 3 is 2.47 bits per heavy atom. The molecular weight excluding hydrogens is 589 g/mol. The van der Waals surface area contributed by atoms with Gasteiger partial charge in [-0.15, -0.1) is 0 Å². The van der Waals surface area contributed by atoms with Crippen molar-refractivity contribution in [3.05, 3.63) is 98.9 Å². The molecule has 10 heteroatoms. The number of hydrogen-bond donors (Lipinski definition) is 1. The Hall–Kier alpha value is -3.82. The van der Waals surface area contributed by atoms with Crippen molar-refractivity contribution in [1.82, 2.24) is 14.8 Å². The molecule has 0 aliphatic carbocycles. The molecule has 0 amide bonds. The van der Waals surface area contributed by atoms with E-state index in [0.717, 1.165) is 42.9 Å². The number of likely N-dealkylation sites (N-methyl/N-ethyl adjacent to an activating group) is 1. The molecule has 0 bridgehead atoms. The number of nitrogens with zero attached hydrogens (tertiary/aromatic N) is 3. The number of phenolic OH excluding ortho intramolecular Hbond substituents is 1. The first kappa shape index (κ1) is 29.3. The Morgan fingerprint density at radius 1 is 1.07 bits per heavy atom. The van der Waals surface area contributed by atoms with Gasteiger partial charge in [0.1, 0.15) is 29.8 Å².